The van der Waals surface area contributed by atoms with Crippen molar-refractivity contribution in [3.8, 4) is 5.75 Å². The summed E-state index contributed by atoms with van der Waals surface area (Å²) in [5.41, 5.74) is 0.997. The Kier molecular flexibility index (Phi) is 5.55. The molecular weight excluding hydrogens is 304 g/mol. The van der Waals surface area contributed by atoms with Gasteiger partial charge in [0.05, 0.1) is 12.4 Å². The lowest BCUT2D eigenvalue weighted by atomic mass is 10.2. The highest BCUT2D eigenvalue weighted by Gasteiger charge is 2.05. The van der Waals surface area contributed by atoms with Gasteiger partial charge in [0.15, 0.2) is 6.61 Å². The number of carbonyl (C=O) groups is 1. The van der Waals surface area contributed by atoms with Crippen molar-refractivity contribution in [1.82, 2.24) is 14.9 Å². The molecule has 1 heterocycles. The molecule has 1 N–H and O–H groups in total. The standard InChI is InChI=1S/C15H17ClN4O2/c1-20(2)15(21)10-22-12-5-3-4-11(6-12)7-18-14-9-17-8-13(16)19-14/h3-6,8-9H,7,10H2,1-2H3,(H,18,19). The maximum absolute atomic E-state index is 11.5. The number of anilines is 1. The third kappa shape index (κ3) is 4.89. The molecule has 0 radical (unpaired) electrons. The van der Waals surface area contributed by atoms with E-state index in [1.165, 1.54) is 11.1 Å². The zero-order chi connectivity index (χ0) is 15.9. The number of amides is 1. The second-order valence-corrected chi connectivity index (χ2v) is 5.19. The van der Waals surface area contributed by atoms with E-state index in [4.69, 9.17) is 16.3 Å². The van der Waals surface area contributed by atoms with Gasteiger partial charge in [0.2, 0.25) is 0 Å². The highest BCUT2D eigenvalue weighted by molar-refractivity contribution is 6.29. The van der Waals surface area contributed by atoms with E-state index in [1.807, 2.05) is 24.3 Å². The van der Waals surface area contributed by atoms with E-state index in [0.717, 1.165) is 5.56 Å². The van der Waals surface area contributed by atoms with Crippen molar-refractivity contribution in [3.63, 3.8) is 0 Å². The van der Waals surface area contributed by atoms with Crippen molar-refractivity contribution < 1.29 is 9.53 Å². The van der Waals surface area contributed by atoms with Gasteiger partial charge in [0.25, 0.3) is 5.91 Å². The first-order valence-electron chi connectivity index (χ1n) is 6.68. The Morgan fingerprint density at radius 2 is 2.18 bits per heavy atom. The number of rotatable bonds is 6. The topological polar surface area (TPSA) is 67.3 Å². The molecule has 6 nitrogen and oxygen atoms in total. The van der Waals surface area contributed by atoms with E-state index in [1.54, 1.807) is 20.3 Å². The molecule has 2 rings (SSSR count). The summed E-state index contributed by atoms with van der Waals surface area (Å²) in [6.45, 7) is 0.567. The van der Waals surface area contributed by atoms with Crippen molar-refractivity contribution in [1.29, 1.82) is 0 Å². The van der Waals surface area contributed by atoms with Gasteiger partial charge in [0, 0.05) is 20.6 Å². The summed E-state index contributed by atoms with van der Waals surface area (Å²) in [7, 11) is 3.39. The molecule has 0 aliphatic heterocycles. The average Bonchev–Trinajstić information content (AvgIpc) is 2.51. The molecule has 0 saturated carbocycles. The van der Waals surface area contributed by atoms with Gasteiger partial charge >= 0.3 is 0 Å². The summed E-state index contributed by atoms with van der Waals surface area (Å²) in [6.07, 6.45) is 3.07. The number of carbonyl (C=O) groups excluding carboxylic acids is 1. The third-order valence-electron chi connectivity index (χ3n) is 2.84. The van der Waals surface area contributed by atoms with E-state index >= 15 is 0 Å². The predicted molar refractivity (Wildman–Crippen MR) is 85.0 cm³/mol. The van der Waals surface area contributed by atoms with Crippen LogP contribution >= 0.6 is 11.6 Å². The van der Waals surface area contributed by atoms with Crippen LogP contribution in [0.5, 0.6) is 5.75 Å². The molecule has 0 aliphatic rings. The highest BCUT2D eigenvalue weighted by Crippen LogP contribution is 2.15. The van der Waals surface area contributed by atoms with Crippen LogP contribution in [0.25, 0.3) is 0 Å². The minimum atomic E-state index is -0.0854. The number of benzene rings is 1. The Balaban J connectivity index is 1.92. The van der Waals surface area contributed by atoms with Gasteiger partial charge in [0.1, 0.15) is 16.7 Å². The maximum Gasteiger partial charge on any atom is 0.259 e. The van der Waals surface area contributed by atoms with Gasteiger partial charge < -0.3 is 15.0 Å². The number of halogens is 1. The van der Waals surface area contributed by atoms with Crippen LogP contribution in [0.2, 0.25) is 5.15 Å². The lowest BCUT2D eigenvalue weighted by molar-refractivity contribution is -0.130. The molecule has 2 aromatic rings. The van der Waals surface area contributed by atoms with Crippen molar-refractivity contribution in [3.05, 3.63) is 47.4 Å². The predicted octanol–water partition coefficient (Wildman–Crippen LogP) is 2.21. The Morgan fingerprint density at radius 1 is 1.36 bits per heavy atom. The number of hydrogen-bond donors (Lipinski definition) is 1. The largest absolute Gasteiger partial charge is 0.484 e. The molecular formula is C15H17ClN4O2. The van der Waals surface area contributed by atoms with Gasteiger partial charge in [-0.1, -0.05) is 23.7 Å². The first-order chi connectivity index (χ1) is 10.5. The first-order valence-corrected chi connectivity index (χ1v) is 7.05. The van der Waals surface area contributed by atoms with Crippen LogP contribution in [0.1, 0.15) is 5.56 Å². The molecule has 0 spiro atoms. The number of likely N-dealkylation sites (N-methyl/N-ethyl adjacent to an activating group) is 1. The van der Waals surface area contributed by atoms with E-state index in [2.05, 4.69) is 15.3 Å². The highest BCUT2D eigenvalue weighted by atomic mass is 35.5. The molecule has 0 saturated heterocycles. The molecule has 7 heteroatoms. The molecule has 0 atom stereocenters. The fraction of sp³-hybridized carbons (Fsp3) is 0.267. The normalized spacial score (nSPS) is 10.1. The molecule has 0 unspecified atom stereocenters. The van der Waals surface area contributed by atoms with Gasteiger partial charge in [-0.3, -0.25) is 9.78 Å². The Hall–Kier alpha value is -2.34. The van der Waals surface area contributed by atoms with Gasteiger partial charge in [-0.2, -0.15) is 0 Å². The number of hydrogen-bond acceptors (Lipinski definition) is 5. The van der Waals surface area contributed by atoms with E-state index < -0.39 is 0 Å². The van der Waals surface area contributed by atoms with Crippen LogP contribution in [-0.4, -0.2) is 41.5 Å². The van der Waals surface area contributed by atoms with E-state index in [-0.39, 0.29) is 12.5 Å². The van der Waals surface area contributed by atoms with Crippen LogP contribution in [0.3, 0.4) is 0 Å². The molecule has 22 heavy (non-hydrogen) atoms. The smallest absolute Gasteiger partial charge is 0.259 e. The number of nitrogens with one attached hydrogen (secondary N) is 1. The van der Waals surface area contributed by atoms with E-state index in [9.17, 15) is 4.79 Å². The van der Waals surface area contributed by atoms with Crippen LogP contribution in [0.4, 0.5) is 5.82 Å². The minimum Gasteiger partial charge on any atom is -0.484 e. The zero-order valence-corrected chi connectivity index (χ0v) is 13.2. The maximum atomic E-state index is 11.5. The van der Waals surface area contributed by atoms with Crippen molar-refractivity contribution >= 4 is 23.3 Å². The number of nitrogens with zero attached hydrogens (tertiary/aromatic N) is 3. The quantitative estimate of drug-likeness (QED) is 0.884. The van der Waals surface area contributed by atoms with Crippen LogP contribution in [0, 0.1) is 0 Å². The van der Waals surface area contributed by atoms with Crippen LogP contribution in [0.15, 0.2) is 36.7 Å². The Labute approximate surface area is 134 Å². The molecule has 0 bridgehead atoms. The summed E-state index contributed by atoms with van der Waals surface area (Å²) in [5, 5.41) is 3.46. The summed E-state index contributed by atoms with van der Waals surface area (Å²) >= 11 is 5.78. The van der Waals surface area contributed by atoms with Gasteiger partial charge in [-0.25, -0.2) is 4.98 Å². The summed E-state index contributed by atoms with van der Waals surface area (Å²) in [4.78, 5) is 21.0. The number of ether oxygens (including phenoxy) is 1. The number of aromatic nitrogens is 2. The van der Waals surface area contributed by atoms with E-state index in [0.29, 0.717) is 23.3 Å². The monoisotopic (exact) mass is 320 g/mol. The van der Waals surface area contributed by atoms with Crippen molar-refractivity contribution in [2.75, 3.05) is 26.0 Å². The minimum absolute atomic E-state index is 0.0175. The first kappa shape index (κ1) is 16.0. The Bertz CT molecular complexity index is 649. The van der Waals surface area contributed by atoms with Crippen LogP contribution in [-0.2, 0) is 11.3 Å². The third-order valence-corrected chi connectivity index (χ3v) is 3.02. The molecule has 0 fully saturated rings. The molecule has 116 valence electrons. The van der Waals surface area contributed by atoms with Crippen molar-refractivity contribution in [2.45, 2.75) is 6.54 Å². The Morgan fingerprint density at radius 3 is 2.91 bits per heavy atom. The second kappa shape index (κ2) is 7.61. The lowest BCUT2D eigenvalue weighted by Crippen LogP contribution is -2.27. The van der Waals surface area contributed by atoms with Crippen LogP contribution < -0.4 is 10.1 Å². The zero-order valence-electron chi connectivity index (χ0n) is 12.4. The van der Waals surface area contributed by atoms with Crippen molar-refractivity contribution in [2.24, 2.45) is 0 Å². The molecule has 1 aromatic heterocycles. The molecule has 1 amide bonds. The fourth-order valence-electron chi connectivity index (χ4n) is 1.64. The summed E-state index contributed by atoms with van der Waals surface area (Å²) < 4.78 is 5.47. The second-order valence-electron chi connectivity index (χ2n) is 4.80. The lowest BCUT2D eigenvalue weighted by Gasteiger charge is -2.12. The average molecular weight is 321 g/mol. The molecule has 0 aliphatic carbocycles. The SMILES string of the molecule is CN(C)C(=O)COc1cccc(CNc2cncc(Cl)n2)c1. The molecule has 1 aromatic carbocycles. The summed E-state index contributed by atoms with van der Waals surface area (Å²) in [5.74, 6) is 1.16. The fourth-order valence-corrected chi connectivity index (χ4v) is 1.79. The van der Waals surface area contributed by atoms with Gasteiger partial charge in [-0.05, 0) is 17.7 Å². The summed E-state index contributed by atoms with van der Waals surface area (Å²) in [6, 6.07) is 7.50. The van der Waals surface area contributed by atoms with Gasteiger partial charge in [-0.15, -0.1) is 0 Å².